The molecule has 1 amide bonds. The molecular weight excluding hydrogens is 326 g/mol. The normalized spacial score (nSPS) is 21.2. The molecule has 2 fully saturated rings. The van der Waals surface area contributed by atoms with Crippen molar-refractivity contribution >= 4 is 11.9 Å². The molecule has 6 heteroatoms. The maximum absolute atomic E-state index is 12.6. The van der Waals surface area contributed by atoms with Gasteiger partial charge in [-0.2, -0.15) is 0 Å². The largest absolute Gasteiger partial charge is 0.357 e. The number of pyridine rings is 1. The fourth-order valence-electron chi connectivity index (χ4n) is 3.85. The van der Waals surface area contributed by atoms with Crippen LogP contribution in [0.1, 0.15) is 44.7 Å². The Kier molecular flexibility index (Phi) is 6.86. The number of carbonyl (C=O) groups excluding carboxylic acids is 1. The smallest absolute Gasteiger partial charge is 0.225 e. The Bertz CT molecular complexity index is 597. The first-order valence-electron chi connectivity index (χ1n) is 10.00. The predicted octanol–water partition coefficient (Wildman–Crippen LogP) is 1.97. The Labute approximate surface area is 156 Å². The van der Waals surface area contributed by atoms with Gasteiger partial charge in [0.05, 0.1) is 0 Å². The lowest BCUT2D eigenvalue weighted by Gasteiger charge is -2.21. The summed E-state index contributed by atoms with van der Waals surface area (Å²) in [5, 5.41) is 6.81. The number of hydrogen-bond acceptors (Lipinski definition) is 3. The highest BCUT2D eigenvalue weighted by molar-refractivity contribution is 5.81. The molecule has 0 radical (unpaired) electrons. The van der Waals surface area contributed by atoms with Crippen LogP contribution in [0.25, 0.3) is 0 Å². The molecule has 1 aromatic heterocycles. The van der Waals surface area contributed by atoms with Crippen molar-refractivity contribution < 1.29 is 4.79 Å². The van der Waals surface area contributed by atoms with Gasteiger partial charge in [-0.15, -0.1) is 0 Å². The average molecular weight is 358 g/mol. The van der Waals surface area contributed by atoms with Gasteiger partial charge in [0, 0.05) is 56.5 Å². The summed E-state index contributed by atoms with van der Waals surface area (Å²) in [6.07, 6.45) is 8.20. The van der Waals surface area contributed by atoms with Gasteiger partial charge in [-0.3, -0.25) is 14.8 Å². The van der Waals surface area contributed by atoms with Crippen molar-refractivity contribution in [1.29, 1.82) is 0 Å². The SMILES string of the molecule is CCNC(=NCCc1ccccn1)NC1CCN(C(=O)C2CCCC2)C1. The van der Waals surface area contributed by atoms with Crippen LogP contribution in [-0.2, 0) is 11.2 Å². The molecule has 1 unspecified atom stereocenters. The molecule has 1 aromatic rings. The van der Waals surface area contributed by atoms with Gasteiger partial charge in [0.1, 0.15) is 0 Å². The van der Waals surface area contributed by atoms with Crippen LogP contribution in [-0.4, -0.2) is 54.0 Å². The average Bonchev–Trinajstić information content (AvgIpc) is 3.34. The van der Waals surface area contributed by atoms with Gasteiger partial charge in [0.2, 0.25) is 5.91 Å². The number of aliphatic imine (C=N–C) groups is 1. The van der Waals surface area contributed by atoms with E-state index in [1.807, 2.05) is 29.3 Å². The van der Waals surface area contributed by atoms with E-state index in [-0.39, 0.29) is 12.0 Å². The number of hydrogen-bond donors (Lipinski definition) is 2. The van der Waals surface area contributed by atoms with Crippen molar-refractivity contribution in [2.45, 2.75) is 51.5 Å². The minimum absolute atomic E-state index is 0.272. The number of nitrogens with one attached hydrogen (secondary N) is 2. The standard InChI is InChI=1S/C20H31N5O/c1-2-21-20(23-13-10-17-9-5-6-12-22-17)24-18-11-14-25(15-18)19(26)16-7-3-4-8-16/h5-6,9,12,16,18H,2-4,7-8,10-11,13-15H2,1H3,(H2,21,23,24). The van der Waals surface area contributed by atoms with Gasteiger partial charge < -0.3 is 15.5 Å². The monoisotopic (exact) mass is 357 g/mol. The lowest BCUT2D eigenvalue weighted by Crippen LogP contribution is -2.45. The topological polar surface area (TPSA) is 69.6 Å². The van der Waals surface area contributed by atoms with Crippen molar-refractivity contribution in [3.8, 4) is 0 Å². The summed E-state index contributed by atoms with van der Waals surface area (Å²) < 4.78 is 0. The first kappa shape index (κ1) is 18.7. The molecular formula is C20H31N5O. The maximum Gasteiger partial charge on any atom is 0.225 e. The summed E-state index contributed by atoms with van der Waals surface area (Å²) in [5.41, 5.74) is 1.06. The predicted molar refractivity (Wildman–Crippen MR) is 104 cm³/mol. The van der Waals surface area contributed by atoms with Crippen molar-refractivity contribution in [2.24, 2.45) is 10.9 Å². The van der Waals surface area contributed by atoms with E-state index in [4.69, 9.17) is 0 Å². The van der Waals surface area contributed by atoms with E-state index in [2.05, 4.69) is 27.5 Å². The van der Waals surface area contributed by atoms with Crippen LogP contribution in [0.5, 0.6) is 0 Å². The zero-order valence-electron chi connectivity index (χ0n) is 15.8. The van der Waals surface area contributed by atoms with Crippen molar-refractivity contribution in [1.82, 2.24) is 20.5 Å². The maximum atomic E-state index is 12.6. The molecule has 3 rings (SSSR count). The minimum atomic E-state index is 0.272. The van der Waals surface area contributed by atoms with Gasteiger partial charge in [0.25, 0.3) is 0 Å². The molecule has 2 heterocycles. The zero-order chi connectivity index (χ0) is 18.2. The highest BCUT2D eigenvalue weighted by Gasteiger charge is 2.32. The van der Waals surface area contributed by atoms with Crippen LogP contribution < -0.4 is 10.6 Å². The molecule has 26 heavy (non-hydrogen) atoms. The zero-order valence-corrected chi connectivity index (χ0v) is 15.8. The third-order valence-electron chi connectivity index (χ3n) is 5.25. The van der Waals surface area contributed by atoms with E-state index < -0.39 is 0 Å². The minimum Gasteiger partial charge on any atom is -0.357 e. The van der Waals surface area contributed by atoms with E-state index in [0.29, 0.717) is 12.5 Å². The quantitative estimate of drug-likeness (QED) is 0.603. The third kappa shape index (κ3) is 5.19. The van der Waals surface area contributed by atoms with Crippen molar-refractivity contribution in [2.75, 3.05) is 26.2 Å². The van der Waals surface area contributed by atoms with E-state index in [1.165, 1.54) is 12.8 Å². The number of guanidine groups is 1. The van der Waals surface area contributed by atoms with E-state index in [1.54, 1.807) is 0 Å². The summed E-state index contributed by atoms with van der Waals surface area (Å²) in [6, 6.07) is 6.24. The van der Waals surface area contributed by atoms with Crippen LogP contribution >= 0.6 is 0 Å². The molecule has 0 bridgehead atoms. The van der Waals surface area contributed by atoms with Gasteiger partial charge >= 0.3 is 0 Å². The Morgan fingerprint density at radius 1 is 1.31 bits per heavy atom. The molecule has 0 aromatic carbocycles. The molecule has 1 atom stereocenters. The highest BCUT2D eigenvalue weighted by Crippen LogP contribution is 2.27. The summed E-state index contributed by atoms with van der Waals surface area (Å²) in [7, 11) is 0. The Morgan fingerprint density at radius 2 is 2.15 bits per heavy atom. The molecule has 2 N–H and O–H groups in total. The van der Waals surface area contributed by atoms with Crippen LogP contribution in [0.4, 0.5) is 0 Å². The molecule has 1 aliphatic carbocycles. The van der Waals surface area contributed by atoms with E-state index in [9.17, 15) is 4.79 Å². The molecule has 1 saturated heterocycles. The first-order chi connectivity index (χ1) is 12.8. The van der Waals surface area contributed by atoms with Crippen LogP contribution in [0, 0.1) is 5.92 Å². The fourth-order valence-corrected chi connectivity index (χ4v) is 3.85. The second-order valence-corrected chi connectivity index (χ2v) is 7.23. The third-order valence-corrected chi connectivity index (χ3v) is 5.25. The fraction of sp³-hybridized carbons (Fsp3) is 0.650. The lowest BCUT2D eigenvalue weighted by molar-refractivity contribution is -0.134. The van der Waals surface area contributed by atoms with Crippen LogP contribution in [0.15, 0.2) is 29.4 Å². The second kappa shape index (κ2) is 9.55. The first-order valence-corrected chi connectivity index (χ1v) is 10.00. The van der Waals surface area contributed by atoms with Gasteiger partial charge in [-0.1, -0.05) is 18.9 Å². The van der Waals surface area contributed by atoms with Crippen molar-refractivity contribution in [3.63, 3.8) is 0 Å². The van der Waals surface area contributed by atoms with Crippen LogP contribution in [0.2, 0.25) is 0 Å². The Balaban J connectivity index is 1.48. The highest BCUT2D eigenvalue weighted by atomic mass is 16.2. The molecule has 2 aliphatic rings. The molecule has 0 spiro atoms. The summed E-state index contributed by atoms with van der Waals surface area (Å²) in [5.74, 6) is 1.47. The molecule has 6 nitrogen and oxygen atoms in total. The number of aromatic nitrogens is 1. The number of carbonyl (C=O) groups is 1. The Hall–Kier alpha value is -2.11. The summed E-state index contributed by atoms with van der Waals surface area (Å²) >= 11 is 0. The number of amides is 1. The van der Waals surface area contributed by atoms with Gasteiger partial charge in [-0.05, 0) is 38.3 Å². The van der Waals surface area contributed by atoms with Crippen molar-refractivity contribution in [3.05, 3.63) is 30.1 Å². The summed E-state index contributed by atoms with van der Waals surface area (Å²) in [6.45, 7) is 5.25. The number of rotatable bonds is 6. The van der Waals surface area contributed by atoms with E-state index >= 15 is 0 Å². The molecule has 1 aliphatic heterocycles. The molecule has 142 valence electrons. The van der Waals surface area contributed by atoms with Gasteiger partial charge in [-0.25, -0.2) is 0 Å². The Morgan fingerprint density at radius 3 is 2.88 bits per heavy atom. The summed E-state index contributed by atoms with van der Waals surface area (Å²) in [4.78, 5) is 23.6. The number of likely N-dealkylation sites (tertiary alicyclic amines) is 1. The van der Waals surface area contributed by atoms with E-state index in [0.717, 1.165) is 57.0 Å². The van der Waals surface area contributed by atoms with Crippen LogP contribution in [0.3, 0.4) is 0 Å². The molecule has 1 saturated carbocycles. The number of nitrogens with zero attached hydrogens (tertiary/aromatic N) is 3. The second-order valence-electron chi connectivity index (χ2n) is 7.23. The van der Waals surface area contributed by atoms with Gasteiger partial charge in [0.15, 0.2) is 5.96 Å². The lowest BCUT2D eigenvalue weighted by atomic mass is 10.1.